The van der Waals surface area contributed by atoms with Crippen molar-refractivity contribution in [2.75, 3.05) is 19.8 Å². The van der Waals surface area contributed by atoms with Gasteiger partial charge in [-0.05, 0) is 56.7 Å². The van der Waals surface area contributed by atoms with Crippen LogP contribution in [0.2, 0.25) is 0 Å². The van der Waals surface area contributed by atoms with E-state index in [4.69, 9.17) is 42.6 Å². The molecule has 0 unspecified atom stereocenters. The molecule has 248 valence electrons. The minimum Gasteiger partial charge on any atom is -0.455 e. The summed E-state index contributed by atoms with van der Waals surface area (Å²) in [6.07, 6.45) is 3.30. The minimum absolute atomic E-state index is 0.00694. The second kappa shape index (κ2) is 16.6. The third-order valence-electron chi connectivity index (χ3n) is 6.74. The third-order valence-corrected chi connectivity index (χ3v) is 6.74. The Morgan fingerprint density at radius 3 is 1.78 bits per heavy atom. The van der Waals surface area contributed by atoms with Crippen LogP contribution in [0.3, 0.4) is 0 Å². The highest BCUT2D eigenvalue weighted by Gasteiger charge is 2.35. The molecular weight excluding hydrogens is 588 g/mol. The number of aliphatic hydroxyl groups excluding tert-OH is 1. The first-order chi connectivity index (χ1) is 21.4. The number of ether oxygens (including phenoxy) is 9. The van der Waals surface area contributed by atoms with Gasteiger partial charge in [-0.15, -0.1) is 0 Å². The molecule has 0 aliphatic carbocycles. The number of carbonyl (C=O) groups is 2. The van der Waals surface area contributed by atoms with Gasteiger partial charge in [-0.1, -0.05) is 36.4 Å². The van der Waals surface area contributed by atoms with E-state index in [0.717, 1.165) is 5.56 Å². The molecule has 45 heavy (non-hydrogen) atoms. The zero-order valence-electron chi connectivity index (χ0n) is 26.3. The van der Waals surface area contributed by atoms with E-state index in [1.807, 2.05) is 51.1 Å². The molecule has 3 aliphatic heterocycles. The van der Waals surface area contributed by atoms with Crippen molar-refractivity contribution in [3.05, 3.63) is 72.4 Å². The van der Waals surface area contributed by atoms with Gasteiger partial charge in [-0.25, -0.2) is 0 Å². The average molecular weight is 633 g/mol. The molecule has 0 amide bonds. The van der Waals surface area contributed by atoms with Crippen molar-refractivity contribution >= 4 is 11.9 Å². The van der Waals surface area contributed by atoms with Gasteiger partial charge in [0.05, 0.1) is 32.0 Å². The highest BCUT2D eigenvalue weighted by molar-refractivity contribution is 5.66. The lowest BCUT2D eigenvalue weighted by Crippen LogP contribution is -2.46. The van der Waals surface area contributed by atoms with E-state index < -0.39 is 73.0 Å². The number of rotatable bonds is 13. The summed E-state index contributed by atoms with van der Waals surface area (Å²) in [6.45, 7) is 8.86. The summed E-state index contributed by atoms with van der Waals surface area (Å²) in [5.41, 5.74) is 0.556. The molecule has 3 aliphatic rings. The Balaban J connectivity index is 1.32. The normalized spacial score (nSPS) is 31.5. The monoisotopic (exact) mass is 632 g/mol. The van der Waals surface area contributed by atoms with Gasteiger partial charge in [0.25, 0.3) is 0 Å². The molecule has 1 aromatic rings. The van der Waals surface area contributed by atoms with Gasteiger partial charge < -0.3 is 47.7 Å². The molecule has 0 saturated carbocycles. The van der Waals surface area contributed by atoms with Gasteiger partial charge in [0.1, 0.15) is 36.6 Å². The maximum Gasteiger partial charge on any atom is 0.303 e. The van der Waals surface area contributed by atoms with E-state index >= 15 is 0 Å². The summed E-state index contributed by atoms with van der Waals surface area (Å²) < 4.78 is 52.4. The van der Waals surface area contributed by atoms with Gasteiger partial charge in [0, 0.05) is 13.8 Å². The van der Waals surface area contributed by atoms with Crippen LogP contribution in [-0.4, -0.2) is 98.0 Å². The van der Waals surface area contributed by atoms with Crippen molar-refractivity contribution < 1.29 is 57.3 Å². The SMILES string of the molecule is CC(=O)O[C@@H]1C=C[C@H](OC[C@H]2O[C@@H](OC[C@H]3O[C@@H](OC(C)(C)C)C=C[C@H]3O)C=C[C@H]2OC(C)=O)O[C@@H]1COCc1ccccc1. The molecule has 12 heteroatoms. The maximum atomic E-state index is 11.8. The van der Waals surface area contributed by atoms with Crippen LogP contribution in [0.15, 0.2) is 66.8 Å². The van der Waals surface area contributed by atoms with Crippen molar-refractivity contribution in [1.82, 2.24) is 0 Å². The van der Waals surface area contributed by atoms with Crippen LogP contribution in [0.4, 0.5) is 0 Å². The van der Waals surface area contributed by atoms with E-state index in [1.54, 1.807) is 36.5 Å². The molecular formula is C33H44O12. The van der Waals surface area contributed by atoms with Crippen LogP contribution < -0.4 is 0 Å². The van der Waals surface area contributed by atoms with Crippen molar-refractivity contribution in [2.45, 2.75) is 102 Å². The van der Waals surface area contributed by atoms with Crippen LogP contribution >= 0.6 is 0 Å². The zero-order chi connectivity index (χ0) is 32.4. The lowest BCUT2D eigenvalue weighted by molar-refractivity contribution is -0.248. The number of benzene rings is 1. The zero-order valence-corrected chi connectivity index (χ0v) is 26.3. The van der Waals surface area contributed by atoms with Crippen molar-refractivity contribution in [3.63, 3.8) is 0 Å². The molecule has 0 bridgehead atoms. The van der Waals surface area contributed by atoms with Crippen molar-refractivity contribution in [1.29, 1.82) is 0 Å². The lowest BCUT2D eigenvalue weighted by Gasteiger charge is -2.36. The molecule has 1 N–H and O–H groups in total. The summed E-state index contributed by atoms with van der Waals surface area (Å²) in [7, 11) is 0. The van der Waals surface area contributed by atoms with Gasteiger partial charge in [0.15, 0.2) is 18.9 Å². The van der Waals surface area contributed by atoms with Gasteiger partial charge in [-0.3, -0.25) is 9.59 Å². The van der Waals surface area contributed by atoms with Crippen LogP contribution in [0.5, 0.6) is 0 Å². The van der Waals surface area contributed by atoms with Crippen LogP contribution in [0.1, 0.15) is 40.2 Å². The molecule has 0 radical (unpaired) electrons. The van der Waals surface area contributed by atoms with E-state index in [0.29, 0.717) is 6.61 Å². The largest absolute Gasteiger partial charge is 0.455 e. The second-order valence-electron chi connectivity index (χ2n) is 11.8. The van der Waals surface area contributed by atoms with Crippen LogP contribution in [0.25, 0.3) is 0 Å². The number of aliphatic hydroxyl groups is 1. The fraction of sp³-hybridized carbons (Fsp3) is 0.576. The summed E-state index contributed by atoms with van der Waals surface area (Å²) in [4.78, 5) is 23.4. The molecule has 0 fully saturated rings. The summed E-state index contributed by atoms with van der Waals surface area (Å²) >= 11 is 0. The highest BCUT2D eigenvalue weighted by atomic mass is 16.7. The number of hydrogen-bond donors (Lipinski definition) is 1. The lowest BCUT2D eigenvalue weighted by atomic mass is 10.1. The van der Waals surface area contributed by atoms with Gasteiger partial charge in [0.2, 0.25) is 0 Å². The molecule has 1 aromatic carbocycles. The van der Waals surface area contributed by atoms with E-state index in [-0.39, 0.29) is 19.8 Å². The highest BCUT2D eigenvalue weighted by Crippen LogP contribution is 2.24. The van der Waals surface area contributed by atoms with Crippen LogP contribution in [0, 0.1) is 0 Å². The predicted octanol–water partition coefficient (Wildman–Crippen LogP) is 3.12. The quantitative estimate of drug-likeness (QED) is 0.253. The molecule has 0 spiro atoms. The Labute approximate surface area is 263 Å². The number of esters is 2. The van der Waals surface area contributed by atoms with Crippen molar-refractivity contribution in [2.24, 2.45) is 0 Å². The first-order valence-electron chi connectivity index (χ1n) is 15.0. The van der Waals surface area contributed by atoms with Crippen LogP contribution in [-0.2, 0) is 58.8 Å². The molecule has 3 heterocycles. The molecule has 4 rings (SSSR count). The van der Waals surface area contributed by atoms with Gasteiger partial charge in [-0.2, -0.15) is 0 Å². The molecule has 9 atom stereocenters. The first-order valence-corrected chi connectivity index (χ1v) is 15.0. The summed E-state index contributed by atoms with van der Waals surface area (Å²) in [6, 6.07) is 9.68. The van der Waals surface area contributed by atoms with Crippen molar-refractivity contribution in [3.8, 4) is 0 Å². The average Bonchev–Trinajstić information content (AvgIpc) is 2.97. The standard InChI is InChI=1S/C33H44O12/c1-21(34)40-25-12-15-31(43-28(25)18-37-17-23-9-7-6-8-10-23)39-20-29-26(41-22(2)35)13-16-30(44-29)38-19-27-24(36)11-14-32(42-27)45-33(3,4)5/h6-16,24-32,36H,17-20H2,1-5H3/t24-,25-,26-,27-,28-,29-,30-,31-,32+/m1/s1. The fourth-order valence-corrected chi connectivity index (χ4v) is 4.74. The smallest absolute Gasteiger partial charge is 0.303 e. The number of hydrogen-bond acceptors (Lipinski definition) is 12. The van der Waals surface area contributed by atoms with Gasteiger partial charge >= 0.3 is 11.9 Å². The molecule has 0 aromatic heterocycles. The summed E-state index contributed by atoms with van der Waals surface area (Å²) in [5, 5.41) is 10.4. The Bertz CT molecular complexity index is 1180. The predicted molar refractivity (Wildman–Crippen MR) is 159 cm³/mol. The second-order valence-corrected chi connectivity index (χ2v) is 11.8. The third kappa shape index (κ3) is 11.7. The van der Waals surface area contributed by atoms with E-state index in [2.05, 4.69) is 0 Å². The maximum absolute atomic E-state index is 11.8. The first kappa shape index (κ1) is 34.9. The minimum atomic E-state index is -0.888. The molecule has 0 saturated heterocycles. The fourth-order valence-electron chi connectivity index (χ4n) is 4.74. The van der Waals surface area contributed by atoms with E-state index in [9.17, 15) is 14.7 Å². The Hall–Kier alpha value is -2.94. The summed E-state index contributed by atoms with van der Waals surface area (Å²) in [5.74, 6) is -0.931. The number of carbonyl (C=O) groups excluding carboxylic acids is 2. The Morgan fingerprint density at radius 1 is 0.711 bits per heavy atom. The topological polar surface area (TPSA) is 137 Å². The van der Waals surface area contributed by atoms with E-state index in [1.165, 1.54) is 13.8 Å². The molecule has 12 nitrogen and oxygen atoms in total. The Morgan fingerprint density at radius 2 is 1.22 bits per heavy atom. The Kier molecular flexibility index (Phi) is 12.9.